The van der Waals surface area contributed by atoms with E-state index < -0.39 is 12.0 Å². The van der Waals surface area contributed by atoms with Crippen molar-refractivity contribution in [2.45, 2.75) is 19.0 Å². The largest absolute Gasteiger partial charge is 0.480 e. The van der Waals surface area contributed by atoms with Crippen molar-refractivity contribution in [1.29, 1.82) is 0 Å². The van der Waals surface area contributed by atoms with Gasteiger partial charge >= 0.3 is 5.97 Å². The van der Waals surface area contributed by atoms with Crippen LogP contribution in [-0.2, 0) is 17.8 Å². The van der Waals surface area contributed by atoms with Gasteiger partial charge in [0.1, 0.15) is 5.69 Å². The molecule has 0 saturated heterocycles. The zero-order valence-electron chi connectivity index (χ0n) is 13.9. The summed E-state index contributed by atoms with van der Waals surface area (Å²) in [6, 6.07) is 17.3. The quantitative estimate of drug-likeness (QED) is 0.680. The van der Waals surface area contributed by atoms with Crippen molar-refractivity contribution < 1.29 is 14.7 Å². The monoisotopic (exact) mass is 350 g/mol. The van der Waals surface area contributed by atoms with Gasteiger partial charge in [-0.15, -0.1) is 5.10 Å². The van der Waals surface area contributed by atoms with Gasteiger partial charge in [0.25, 0.3) is 5.91 Å². The minimum atomic E-state index is -0.987. The molecular formula is C19H18N4O3. The summed E-state index contributed by atoms with van der Waals surface area (Å²) in [5.74, 6) is -1.21. The van der Waals surface area contributed by atoms with Gasteiger partial charge in [0.05, 0.1) is 12.7 Å². The summed E-state index contributed by atoms with van der Waals surface area (Å²) >= 11 is 0. The second-order valence-electron chi connectivity index (χ2n) is 5.78. The molecule has 2 N–H and O–H groups in total. The predicted molar refractivity (Wildman–Crippen MR) is 94.5 cm³/mol. The van der Waals surface area contributed by atoms with Crippen LogP contribution in [0.1, 0.15) is 27.7 Å². The first-order valence-electron chi connectivity index (χ1n) is 8.14. The highest BCUT2D eigenvalue weighted by Gasteiger charge is 2.22. The van der Waals surface area contributed by atoms with Gasteiger partial charge < -0.3 is 10.4 Å². The average Bonchev–Trinajstić information content (AvgIpc) is 3.14. The van der Waals surface area contributed by atoms with Crippen LogP contribution in [0.25, 0.3) is 0 Å². The van der Waals surface area contributed by atoms with Gasteiger partial charge in [-0.05, 0) is 17.7 Å². The number of aliphatic carboxylic acids is 1. The number of carboxylic acids is 1. The molecule has 0 spiro atoms. The SMILES string of the molecule is O=C(NCc1cn([C@@H](Cc2ccccc2)C(=O)O)nn1)c1ccccc1. The van der Waals surface area contributed by atoms with Crippen molar-refractivity contribution >= 4 is 11.9 Å². The Kier molecular flexibility index (Phi) is 5.38. The fourth-order valence-corrected chi connectivity index (χ4v) is 2.54. The zero-order valence-corrected chi connectivity index (χ0v) is 13.9. The normalized spacial score (nSPS) is 11.7. The molecule has 0 unspecified atom stereocenters. The molecular weight excluding hydrogens is 332 g/mol. The third-order valence-corrected chi connectivity index (χ3v) is 3.90. The molecule has 0 aliphatic heterocycles. The lowest BCUT2D eigenvalue weighted by molar-refractivity contribution is -0.141. The number of hydrogen-bond donors (Lipinski definition) is 2. The van der Waals surface area contributed by atoms with Crippen LogP contribution in [0, 0.1) is 0 Å². The highest BCUT2D eigenvalue weighted by atomic mass is 16.4. The van der Waals surface area contributed by atoms with Crippen molar-refractivity contribution in [2.24, 2.45) is 0 Å². The van der Waals surface area contributed by atoms with E-state index in [1.807, 2.05) is 36.4 Å². The molecule has 1 aromatic heterocycles. The van der Waals surface area contributed by atoms with E-state index in [1.165, 1.54) is 4.68 Å². The number of carboxylic acid groups (broad SMARTS) is 1. The molecule has 0 aliphatic rings. The summed E-state index contributed by atoms with van der Waals surface area (Å²) in [5.41, 5.74) is 1.94. The van der Waals surface area contributed by atoms with Gasteiger partial charge in [0.15, 0.2) is 6.04 Å². The Morgan fingerprint density at radius 3 is 2.35 bits per heavy atom. The molecule has 0 bridgehead atoms. The van der Waals surface area contributed by atoms with Crippen molar-refractivity contribution in [3.8, 4) is 0 Å². The number of aromatic nitrogens is 3. The first kappa shape index (κ1) is 17.3. The number of nitrogens with one attached hydrogen (secondary N) is 1. The van der Waals surface area contributed by atoms with E-state index in [2.05, 4.69) is 15.6 Å². The average molecular weight is 350 g/mol. The van der Waals surface area contributed by atoms with E-state index in [0.717, 1.165) is 5.56 Å². The molecule has 0 radical (unpaired) electrons. The van der Waals surface area contributed by atoms with Crippen molar-refractivity contribution in [3.05, 3.63) is 83.7 Å². The summed E-state index contributed by atoms with van der Waals surface area (Å²) < 4.78 is 1.32. The Balaban J connectivity index is 1.65. The van der Waals surface area contributed by atoms with Crippen LogP contribution in [0.5, 0.6) is 0 Å². The van der Waals surface area contributed by atoms with Crippen molar-refractivity contribution in [3.63, 3.8) is 0 Å². The van der Waals surface area contributed by atoms with E-state index in [-0.39, 0.29) is 12.5 Å². The van der Waals surface area contributed by atoms with Gasteiger partial charge in [-0.2, -0.15) is 0 Å². The molecule has 7 nitrogen and oxygen atoms in total. The Morgan fingerprint density at radius 1 is 1.04 bits per heavy atom. The molecule has 0 saturated carbocycles. The van der Waals surface area contributed by atoms with Crippen LogP contribution in [0.4, 0.5) is 0 Å². The van der Waals surface area contributed by atoms with E-state index >= 15 is 0 Å². The summed E-state index contributed by atoms with van der Waals surface area (Å²) in [5, 5.41) is 20.1. The molecule has 26 heavy (non-hydrogen) atoms. The Bertz CT molecular complexity index is 878. The van der Waals surface area contributed by atoms with E-state index in [4.69, 9.17) is 0 Å². The van der Waals surface area contributed by atoms with Crippen LogP contribution in [-0.4, -0.2) is 32.0 Å². The highest BCUT2D eigenvalue weighted by Crippen LogP contribution is 2.14. The standard InChI is InChI=1S/C19H18N4O3/c24-18(15-9-5-2-6-10-15)20-12-16-13-23(22-21-16)17(19(25)26)11-14-7-3-1-4-8-14/h1-10,13,17H,11-12H2,(H,20,24)(H,25,26)/t17-/m0/s1. The third kappa shape index (κ3) is 4.32. The number of amides is 1. The number of hydrogen-bond acceptors (Lipinski definition) is 4. The number of nitrogens with zero attached hydrogens (tertiary/aromatic N) is 3. The van der Waals surface area contributed by atoms with Gasteiger partial charge in [-0.3, -0.25) is 4.79 Å². The lowest BCUT2D eigenvalue weighted by Gasteiger charge is -2.12. The maximum absolute atomic E-state index is 12.0. The molecule has 3 aromatic rings. The zero-order chi connectivity index (χ0) is 18.4. The molecule has 3 rings (SSSR count). The van der Waals surface area contributed by atoms with Gasteiger partial charge in [0.2, 0.25) is 0 Å². The smallest absolute Gasteiger partial charge is 0.328 e. The second-order valence-corrected chi connectivity index (χ2v) is 5.78. The number of rotatable bonds is 7. The Labute approximate surface area is 150 Å². The first-order valence-corrected chi connectivity index (χ1v) is 8.14. The van der Waals surface area contributed by atoms with E-state index in [9.17, 15) is 14.7 Å². The van der Waals surface area contributed by atoms with Crippen molar-refractivity contribution in [1.82, 2.24) is 20.3 Å². The maximum atomic E-state index is 12.0. The lowest BCUT2D eigenvalue weighted by Crippen LogP contribution is -2.23. The topological polar surface area (TPSA) is 97.1 Å². The molecule has 7 heteroatoms. The third-order valence-electron chi connectivity index (χ3n) is 3.90. The molecule has 2 aromatic carbocycles. The van der Waals surface area contributed by atoms with Gasteiger partial charge in [-0.1, -0.05) is 53.7 Å². The minimum absolute atomic E-state index is 0.172. The Hall–Kier alpha value is -3.48. The fraction of sp³-hybridized carbons (Fsp3) is 0.158. The van der Waals surface area contributed by atoms with Crippen LogP contribution in [0.2, 0.25) is 0 Å². The molecule has 1 amide bonds. The number of carbonyl (C=O) groups excluding carboxylic acids is 1. The van der Waals surface area contributed by atoms with Gasteiger partial charge in [-0.25, -0.2) is 9.48 Å². The maximum Gasteiger partial charge on any atom is 0.328 e. The van der Waals surface area contributed by atoms with Crippen LogP contribution < -0.4 is 5.32 Å². The molecule has 0 aliphatic carbocycles. The minimum Gasteiger partial charge on any atom is -0.480 e. The van der Waals surface area contributed by atoms with Crippen LogP contribution in [0.15, 0.2) is 66.9 Å². The highest BCUT2D eigenvalue weighted by molar-refractivity contribution is 5.94. The number of benzene rings is 2. The summed E-state index contributed by atoms with van der Waals surface area (Å²) in [6.45, 7) is 0.172. The fourth-order valence-electron chi connectivity index (χ4n) is 2.54. The van der Waals surface area contributed by atoms with Gasteiger partial charge in [0, 0.05) is 12.0 Å². The summed E-state index contributed by atoms with van der Waals surface area (Å²) in [4.78, 5) is 23.7. The summed E-state index contributed by atoms with van der Waals surface area (Å²) in [6.07, 6.45) is 1.85. The Morgan fingerprint density at radius 2 is 1.69 bits per heavy atom. The molecule has 1 heterocycles. The lowest BCUT2D eigenvalue weighted by atomic mass is 10.1. The second kappa shape index (κ2) is 8.06. The van der Waals surface area contributed by atoms with Crippen LogP contribution >= 0.6 is 0 Å². The van der Waals surface area contributed by atoms with E-state index in [0.29, 0.717) is 17.7 Å². The first-order chi connectivity index (χ1) is 12.6. The number of carbonyl (C=O) groups is 2. The molecule has 132 valence electrons. The molecule has 0 fully saturated rings. The summed E-state index contributed by atoms with van der Waals surface area (Å²) in [7, 11) is 0. The predicted octanol–water partition coefficient (Wildman–Crippen LogP) is 2.08. The molecule has 1 atom stereocenters. The van der Waals surface area contributed by atoms with Crippen LogP contribution in [0.3, 0.4) is 0 Å². The van der Waals surface area contributed by atoms with E-state index in [1.54, 1.807) is 30.5 Å². The van der Waals surface area contributed by atoms with Crippen molar-refractivity contribution in [2.75, 3.05) is 0 Å².